The molecule has 0 spiro atoms. The molecule has 5 aromatic rings. The molecule has 3 heterocycles. The molecule has 2 aromatic heterocycles. The standard InChI is InChI=1S/C32H31N3O2S2/c1-21(2)23-12-14-24(15-13-23)37-20-29(36)34-32-30(31-33-26-10-6-7-11-27(26)38-31)25-16-17-35(19-28(25)39-32)18-22-8-4-3-5-9-22/h3-15,21H,16-20H2,1-2H3,(H,34,36). The van der Waals surface area contributed by atoms with E-state index in [-0.39, 0.29) is 12.5 Å². The number of ether oxygens (including phenoxy) is 1. The largest absolute Gasteiger partial charge is 0.484 e. The summed E-state index contributed by atoms with van der Waals surface area (Å²) in [5, 5.41) is 5.01. The molecule has 0 saturated heterocycles. The third-order valence-corrected chi connectivity index (χ3v) is 9.25. The van der Waals surface area contributed by atoms with E-state index in [9.17, 15) is 4.79 Å². The lowest BCUT2D eigenvalue weighted by atomic mass is 10.0. The second-order valence-corrected chi connectivity index (χ2v) is 12.3. The van der Waals surface area contributed by atoms with Gasteiger partial charge >= 0.3 is 0 Å². The summed E-state index contributed by atoms with van der Waals surface area (Å²) in [6.45, 7) is 7.03. The Morgan fingerprint density at radius 1 is 1.00 bits per heavy atom. The van der Waals surface area contributed by atoms with E-state index in [2.05, 4.69) is 72.6 Å². The zero-order valence-electron chi connectivity index (χ0n) is 22.1. The summed E-state index contributed by atoms with van der Waals surface area (Å²) >= 11 is 3.36. The maximum Gasteiger partial charge on any atom is 0.262 e. The molecule has 0 bridgehead atoms. The van der Waals surface area contributed by atoms with Gasteiger partial charge in [0.05, 0.1) is 10.2 Å². The van der Waals surface area contributed by atoms with Crippen molar-refractivity contribution in [3.63, 3.8) is 0 Å². The summed E-state index contributed by atoms with van der Waals surface area (Å²) in [6.07, 6.45) is 0.929. The van der Waals surface area contributed by atoms with Crippen LogP contribution in [0.5, 0.6) is 5.75 Å². The average molecular weight is 554 g/mol. The highest BCUT2D eigenvalue weighted by Crippen LogP contribution is 2.45. The van der Waals surface area contributed by atoms with Crippen molar-refractivity contribution in [1.82, 2.24) is 9.88 Å². The Morgan fingerprint density at radius 3 is 2.54 bits per heavy atom. The minimum absolute atomic E-state index is 0.0387. The lowest BCUT2D eigenvalue weighted by Gasteiger charge is -2.27. The van der Waals surface area contributed by atoms with Crippen molar-refractivity contribution in [3.8, 4) is 16.3 Å². The molecule has 0 atom stereocenters. The van der Waals surface area contributed by atoms with Crippen LogP contribution in [0.1, 0.15) is 41.3 Å². The van der Waals surface area contributed by atoms with Gasteiger partial charge in [-0.15, -0.1) is 22.7 Å². The van der Waals surface area contributed by atoms with Crippen molar-refractivity contribution in [1.29, 1.82) is 0 Å². The van der Waals surface area contributed by atoms with Crippen LogP contribution >= 0.6 is 22.7 Å². The number of carbonyl (C=O) groups is 1. The van der Waals surface area contributed by atoms with Gasteiger partial charge in [-0.05, 0) is 53.3 Å². The molecular weight excluding hydrogens is 523 g/mol. The third kappa shape index (κ3) is 5.76. The van der Waals surface area contributed by atoms with Crippen molar-refractivity contribution in [2.45, 2.75) is 39.3 Å². The average Bonchev–Trinajstić information content (AvgIpc) is 3.53. The molecule has 1 aliphatic heterocycles. The van der Waals surface area contributed by atoms with Crippen LogP contribution in [0.4, 0.5) is 5.00 Å². The highest BCUT2D eigenvalue weighted by molar-refractivity contribution is 7.22. The monoisotopic (exact) mass is 553 g/mol. The van der Waals surface area contributed by atoms with Gasteiger partial charge in [-0.1, -0.05) is 68.4 Å². The lowest BCUT2D eigenvalue weighted by molar-refractivity contribution is -0.118. The molecule has 0 fully saturated rings. The molecule has 5 nitrogen and oxygen atoms in total. The fourth-order valence-electron chi connectivity index (χ4n) is 4.99. The van der Waals surface area contributed by atoms with E-state index in [1.54, 1.807) is 22.7 Å². The molecule has 39 heavy (non-hydrogen) atoms. The number of aromatic nitrogens is 1. The summed E-state index contributed by atoms with van der Waals surface area (Å²) in [6, 6.07) is 26.8. The number of nitrogens with zero attached hydrogens (tertiary/aromatic N) is 2. The Bertz CT molecular complexity index is 1560. The SMILES string of the molecule is CC(C)c1ccc(OCC(=O)Nc2sc3c(c2-c2nc4ccccc4s2)CCN(Cc2ccccc2)C3)cc1. The van der Waals surface area contributed by atoms with E-state index in [4.69, 9.17) is 9.72 Å². The summed E-state index contributed by atoms with van der Waals surface area (Å²) in [4.78, 5) is 21.8. The van der Waals surface area contributed by atoms with Crippen LogP contribution in [0.25, 0.3) is 20.8 Å². The molecule has 0 unspecified atom stereocenters. The Morgan fingerprint density at radius 2 is 1.77 bits per heavy atom. The van der Waals surface area contributed by atoms with Crippen molar-refractivity contribution in [2.75, 3.05) is 18.5 Å². The maximum atomic E-state index is 13.1. The highest BCUT2D eigenvalue weighted by Gasteiger charge is 2.28. The second-order valence-electron chi connectivity index (χ2n) is 10.2. The van der Waals surface area contributed by atoms with Crippen molar-refractivity contribution in [2.24, 2.45) is 0 Å². The number of hydrogen-bond donors (Lipinski definition) is 1. The van der Waals surface area contributed by atoms with Crippen LogP contribution in [-0.2, 0) is 24.3 Å². The molecule has 0 aliphatic carbocycles. The van der Waals surface area contributed by atoms with Crippen LogP contribution < -0.4 is 10.1 Å². The van der Waals surface area contributed by atoms with Gasteiger partial charge in [-0.2, -0.15) is 0 Å². The van der Waals surface area contributed by atoms with Gasteiger partial charge in [-0.3, -0.25) is 9.69 Å². The Kier molecular flexibility index (Phi) is 7.46. The summed E-state index contributed by atoms with van der Waals surface area (Å²) in [7, 11) is 0. The van der Waals surface area contributed by atoms with Gasteiger partial charge in [0.15, 0.2) is 6.61 Å². The number of amides is 1. The minimum atomic E-state index is -0.162. The number of rotatable bonds is 8. The third-order valence-electron chi connectivity index (χ3n) is 7.06. The van der Waals surface area contributed by atoms with Gasteiger partial charge in [0.2, 0.25) is 0 Å². The number of nitrogens with one attached hydrogen (secondary N) is 1. The lowest BCUT2D eigenvalue weighted by Crippen LogP contribution is -2.29. The fourth-order valence-corrected chi connectivity index (χ4v) is 7.40. The molecule has 0 saturated carbocycles. The van der Waals surface area contributed by atoms with Gasteiger partial charge in [0, 0.05) is 30.1 Å². The maximum absolute atomic E-state index is 13.1. The van der Waals surface area contributed by atoms with Crippen LogP contribution in [0.3, 0.4) is 0 Å². The topological polar surface area (TPSA) is 54.5 Å². The van der Waals surface area contributed by atoms with E-state index in [1.165, 1.54) is 21.6 Å². The van der Waals surface area contributed by atoms with E-state index < -0.39 is 0 Å². The fraction of sp³-hybridized carbons (Fsp3) is 0.250. The highest BCUT2D eigenvalue weighted by atomic mass is 32.1. The first-order valence-corrected chi connectivity index (χ1v) is 15.0. The number of para-hydroxylation sites is 1. The Balaban J connectivity index is 1.24. The number of fused-ring (bicyclic) bond motifs is 2. The zero-order chi connectivity index (χ0) is 26.8. The van der Waals surface area contributed by atoms with Crippen molar-refractivity contribution in [3.05, 3.63) is 100 Å². The minimum Gasteiger partial charge on any atom is -0.484 e. The normalized spacial score (nSPS) is 13.5. The predicted molar refractivity (Wildman–Crippen MR) is 162 cm³/mol. The smallest absolute Gasteiger partial charge is 0.262 e. The van der Waals surface area contributed by atoms with Gasteiger partial charge in [-0.25, -0.2) is 4.98 Å². The summed E-state index contributed by atoms with van der Waals surface area (Å²) in [5.74, 6) is 0.991. The van der Waals surface area contributed by atoms with E-state index >= 15 is 0 Å². The number of anilines is 1. The Hall–Kier alpha value is -3.52. The molecule has 7 heteroatoms. The van der Waals surface area contributed by atoms with E-state index in [0.717, 1.165) is 51.8 Å². The Labute approximate surface area is 237 Å². The van der Waals surface area contributed by atoms with Gasteiger partial charge in [0.1, 0.15) is 15.8 Å². The number of thiophene rings is 1. The quantitative estimate of drug-likeness (QED) is 0.214. The number of carbonyl (C=O) groups excluding carboxylic acids is 1. The molecule has 1 amide bonds. The van der Waals surface area contributed by atoms with Gasteiger partial charge < -0.3 is 10.1 Å². The zero-order valence-corrected chi connectivity index (χ0v) is 23.8. The number of benzene rings is 3. The summed E-state index contributed by atoms with van der Waals surface area (Å²) in [5.41, 5.74) is 5.94. The number of thiazole rings is 1. The van der Waals surface area contributed by atoms with E-state index in [1.807, 2.05) is 30.3 Å². The number of hydrogen-bond acceptors (Lipinski definition) is 6. The molecule has 3 aromatic carbocycles. The molecule has 1 aliphatic rings. The van der Waals surface area contributed by atoms with Crippen LogP contribution in [0.2, 0.25) is 0 Å². The van der Waals surface area contributed by atoms with Crippen molar-refractivity contribution >= 4 is 43.8 Å². The van der Waals surface area contributed by atoms with Crippen LogP contribution in [0.15, 0.2) is 78.9 Å². The molecule has 1 N–H and O–H groups in total. The van der Waals surface area contributed by atoms with Gasteiger partial charge in [0.25, 0.3) is 5.91 Å². The first-order chi connectivity index (χ1) is 19.0. The molecule has 198 valence electrons. The molecular formula is C32H31N3O2S2. The van der Waals surface area contributed by atoms with Crippen molar-refractivity contribution < 1.29 is 9.53 Å². The van der Waals surface area contributed by atoms with Crippen LogP contribution in [-0.4, -0.2) is 28.9 Å². The second kappa shape index (κ2) is 11.3. The molecule has 0 radical (unpaired) electrons. The van der Waals surface area contributed by atoms with E-state index in [0.29, 0.717) is 11.7 Å². The van der Waals surface area contributed by atoms with Crippen LogP contribution in [0, 0.1) is 0 Å². The first kappa shape index (κ1) is 25.7. The summed E-state index contributed by atoms with van der Waals surface area (Å²) < 4.78 is 6.98. The molecule has 6 rings (SSSR count). The predicted octanol–water partition coefficient (Wildman–Crippen LogP) is 7.72. The first-order valence-electron chi connectivity index (χ1n) is 13.3.